The third-order valence-corrected chi connectivity index (χ3v) is 3.64. The van der Waals surface area contributed by atoms with Crippen LogP contribution in [0.15, 0.2) is 0 Å². The van der Waals surface area contributed by atoms with Gasteiger partial charge in [-0.3, -0.25) is 4.79 Å². The molecule has 1 N–H and O–H groups in total. The smallest absolute Gasteiger partial charge is 0.223 e. The topological polar surface area (TPSA) is 38.8 Å². The van der Waals surface area contributed by atoms with Crippen molar-refractivity contribution in [1.82, 2.24) is 20.0 Å². The highest BCUT2D eigenvalue weighted by Gasteiger charge is 2.16. The van der Waals surface area contributed by atoms with Crippen LogP contribution in [0.3, 0.4) is 0 Å². The molecule has 0 unspecified atom stereocenters. The van der Waals surface area contributed by atoms with Gasteiger partial charge in [-0.2, -0.15) is 0 Å². The number of hydrogen-bond acceptors (Lipinski definition) is 4. The van der Waals surface area contributed by atoms with Crippen LogP contribution >= 0.6 is 0 Å². The molecule has 0 radical (unpaired) electrons. The summed E-state index contributed by atoms with van der Waals surface area (Å²) < 4.78 is 0. The second-order valence-corrected chi connectivity index (χ2v) is 5.47. The molecule has 19 heavy (non-hydrogen) atoms. The molecule has 5 heteroatoms. The Morgan fingerprint density at radius 2 is 1.84 bits per heavy atom. The maximum Gasteiger partial charge on any atom is 0.223 e. The van der Waals surface area contributed by atoms with E-state index in [4.69, 9.17) is 0 Å². The molecule has 1 amide bonds. The second kappa shape index (κ2) is 9.28. The highest BCUT2D eigenvalue weighted by molar-refractivity contribution is 5.76. The van der Waals surface area contributed by atoms with E-state index in [1.165, 1.54) is 6.42 Å². The van der Waals surface area contributed by atoms with E-state index in [1.54, 1.807) is 0 Å². The molecule has 1 fully saturated rings. The molecular weight excluding hydrogens is 240 g/mol. The predicted molar refractivity (Wildman–Crippen MR) is 79.4 cm³/mol. The number of piperazine rings is 1. The lowest BCUT2D eigenvalue weighted by molar-refractivity contribution is -0.132. The van der Waals surface area contributed by atoms with E-state index in [9.17, 15) is 4.79 Å². The molecule has 112 valence electrons. The van der Waals surface area contributed by atoms with E-state index in [-0.39, 0.29) is 0 Å². The van der Waals surface area contributed by atoms with E-state index in [2.05, 4.69) is 36.1 Å². The van der Waals surface area contributed by atoms with E-state index in [0.29, 0.717) is 12.3 Å². The molecule has 1 heterocycles. The van der Waals surface area contributed by atoms with Gasteiger partial charge in [-0.1, -0.05) is 6.92 Å². The highest BCUT2D eigenvalue weighted by Crippen LogP contribution is 2.00. The number of nitrogens with one attached hydrogen (secondary N) is 1. The molecule has 0 saturated carbocycles. The number of hydrogen-bond donors (Lipinski definition) is 1. The Balaban J connectivity index is 2.18. The third-order valence-electron chi connectivity index (χ3n) is 3.64. The van der Waals surface area contributed by atoms with Crippen LogP contribution in [0.2, 0.25) is 0 Å². The molecule has 0 atom stereocenters. The zero-order chi connectivity index (χ0) is 14.1. The van der Waals surface area contributed by atoms with Crippen molar-refractivity contribution in [2.45, 2.75) is 19.8 Å². The molecule has 0 aromatic carbocycles. The summed E-state index contributed by atoms with van der Waals surface area (Å²) in [4.78, 5) is 18.6. The average molecular weight is 270 g/mol. The van der Waals surface area contributed by atoms with Crippen LogP contribution in [-0.2, 0) is 4.79 Å². The van der Waals surface area contributed by atoms with Crippen molar-refractivity contribution in [3.8, 4) is 0 Å². The molecule has 0 aromatic rings. The standard InChI is InChI=1S/C14H30N4O/c1-4-17(10-5-9-16(2)3)11-6-14(19)18-12-7-15-8-13-18/h15H,4-13H2,1-3H3. The molecule has 0 spiro atoms. The molecule has 0 bridgehead atoms. The quantitative estimate of drug-likeness (QED) is 0.678. The molecule has 1 rings (SSSR count). The van der Waals surface area contributed by atoms with Crippen LogP contribution < -0.4 is 5.32 Å². The van der Waals surface area contributed by atoms with Crippen molar-refractivity contribution in [2.24, 2.45) is 0 Å². The Labute approximate surface area is 117 Å². The van der Waals surface area contributed by atoms with Crippen molar-refractivity contribution in [2.75, 3.05) is 66.5 Å². The van der Waals surface area contributed by atoms with E-state index >= 15 is 0 Å². The van der Waals surface area contributed by atoms with Gasteiger partial charge in [0.1, 0.15) is 0 Å². The average Bonchev–Trinajstić information content (AvgIpc) is 2.42. The number of carbonyl (C=O) groups is 1. The van der Waals surface area contributed by atoms with Crippen molar-refractivity contribution in [1.29, 1.82) is 0 Å². The molecule has 1 aliphatic rings. The summed E-state index contributed by atoms with van der Waals surface area (Å²) >= 11 is 0. The lowest BCUT2D eigenvalue weighted by Gasteiger charge is -2.28. The van der Waals surface area contributed by atoms with Crippen LogP contribution in [0, 0.1) is 0 Å². The molecule has 1 aliphatic heterocycles. The lowest BCUT2D eigenvalue weighted by atomic mass is 10.2. The van der Waals surface area contributed by atoms with Gasteiger partial charge in [-0.05, 0) is 40.2 Å². The second-order valence-electron chi connectivity index (χ2n) is 5.47. The Hall–Kier alpha value is -0.650. The van der Waals surface area contributed by atoms with Crippen molar-refractivity contribution < 1.29 is 4.79 Å². The van der Waals surface area contributed by atoms with Crippen LogP contribution in [0.5, 0.6) is 0 Å². The monoisotopic (exact) mass is 270 g/mol. The van der Waals surface area contributed by atoms with E-state index in [0.717, 1.165) is 52.4 Å². The lowest BCUT2D eigenvalue weighted by Crippen LogP contribution is -2.47. The summed E-state index contributed by atoms with van der Waals surface area (Å²) in [5.41, 5.74) is 0. The first-order valence-electron chi connectivity index (χ1n) is 7.49. The first kappa shape index (κ1) is 16.4. The molecule has 5 nitrogen and oxygen atoms in total. The van der Waals surface area contributed by atoms with Gasteiger partial charge in [-0.25, -0.2) is 0 Å². The zero-order valence-corrected chi connectivity index (χ0v) is 12.8. The van der Waals surface area contributed by atoms with Gasteiger partial charge in [0, 0.05) is 39.1 Å². The SMILES string of the molecule is CCN(CCCN(C)C)CCC(=O)N1CCNCC1. The van der Waals surface area contributed by atoms with Gasteiger partial charge in [0.2, 0.25) is 5.91 Å². The van der Waals surface area contributed by atoms with Crippen LogP contribution in [0.4, 0.5) is 0 Å². The van der Waals surface area contributed by atoms with Crippen molar-refractivity contribution >= 4 is 5.91 Å². The van der Waals surface area contributed by atoms with Gasteiger partial charge in [0.25, 0.3) is 0 Å². The summed E-state index contributed by atoms with van der Waals surface area (Å²) in [6.07, 6.45) is 1.83. The zero-order valence-electron chi connectivity index (χ0n) is 12.8. The minimum atomic E-state index is 0.313. The number of amides is 1. The summed E-state index contributed by atoms with van der Waals surface area (Å²) in [6.45, 7) is 9.90. The van der Waals surface area contributed by atoms with Gasteiger partial charge in [0.15, 0.2) is 0 Å². The number of rotatable bonds is 8. The Morgan fingerprint density at radius 3 is 2.42 bits per heavy atom. The fraction of sp³-hybridized carbons (Fsp3) is 0.929. The molecule has 1 saturated heterocycles. The van der Waals surface area contributed by atoms with Crippen LogP contribution in [0.1, 0.15) is 19.8 Å². The minimum Gasteiger partial charge on any atom is -0.340 e. The van der Waals surface area contributed by atoms with Crippen LogP contribution in [0.25, 0.3) is 0 Å². The Bertz CT molecular complexity index is 252. The van der Waals surface area contributed by atoms with Gasteiger partial charge >= 0.3 is 0 Å². The summed E-state index contributed by atoms with van der Waals surface area (Å²) in [5, 5.41) is 3.28. The Morgan fingerprint density at radius 1 is 1.16 bits per heavy atom. The maximum absolute atomic E-state index is 12.1. The van der Waals surface area contributed by atoms with Crippen molar-refractivity contribution in [3.05, 3.63) is 0 Å². The number of carbonyl (C=O) groups excluding carboxylic acids is 1. The molecule has 0 aliphatic carbocycles. The van der Waals surface area contributed by atoms with Gasteiger partial charge in [0.05, 0.1) is 0 Å². The molecule has 0 aromatic heterocycles. The van der Waals surface area contributed by atoms with Gasteiger partial charge in [-0.15, -0.1) is 0 Å². The van der Waals surface area contributed by atoms with Crippen LogP contribution in [-0.4, -0.2) is 87.1 Å². The summed E-state index contributed by atoms with van der Waals surface area (Å²) in [5.74, 6) is 0.313. The number of nitrogens with zero attached hydrogens (tertiary/aromatic N) is 3. The highest BCUT2D eigenvalue weighted by atomic mass is 16.2. The third kappa shape index (κ3) is 6.89. The fourth-order valence-electron chi connectivity index (χ4n) is 2.36. The predicted octanol–water partition coefficient (Wildman–Crippen LogP) is 0.0819. The summed E-state index contributed by atoms with van der Waals surface area (Å²) in [6, 6.07) is 0. The first-order valence-corrected chi connectivity index (χ1v) is 7.49. The largest absolute Gasteiger partial charge is 0.340 e. The fourth-order valence-corrected chi connectivity index (χ4v) is 2.36. The molecular formula is C14H30N4O. The minimum absolute atomic E-state index is 0.313. The van der Waals surface area contributed by atoms with Crippen molar-refractivity contribution in [3.63, 3.8) is 0 Å². The van der Waals surface area contributed by atoms with Gasteiger partial charge < -0.3 is 20.0 Å². The Kier molecular flexibility index (Phi) is 8.02. The normalized spacial score (nSPS) is 16.4. The first-order chi connectivity index (χ1) is 9.13. The summed E-state index contributed by atoms with van der Waals surface area (Å²) in [7, 11) is 4.20. The van der Waals surface area contributed by atoms with E-state index in [1.807, 2.05) is 4.90 Å². The van der Waals surface area contributed by atoms with E-state index < -0.39 is 0 Å². The maximum atomic E-state index is 12.1.